The van der Waals surface area contributed by atoms with Crippen LogP contribution in [-0.2, 0) is 28.0 Å². The van der Waals surface area contributed by atoms with Crippen molar-refractivity contribution in [3.63, 3.8) is 0 Å². The third-order valence-electron chi connectivity index (χ3n) is 9.43. The van der Waals surface area contributed by atoms with E-state index in [2.05, 4.69) is 25.1 Å². The van der Waals surface area contributed by atoms with Gasteiger partial charge in [-0.2, -0.15) is 33.3 Å². The van der Waals surface area contributed by atoms with Gasteiger partial charge in [-0.25, -0.2) is 14.0 Å². The lowest BCUT2D eigenvalue weighted by molar-refractivity contribution is -0.200. The Balaban J connectivity index is 0.940. The molecule has 12 nitrogen and oxygen atoms in total. The molecule has 3 atom stereocenters. The lowest BCUT2D eigenvalue weighted by Crippen LogP contribution is -2.46. The first-order valence-electron chi connectivity index (χ1n) is 17.0. The van der Waals surface area contributed by atoms with Gasteiger partial charge in [-0.05, 0) is 67.9 Å². The molecule has 4 heterocycles. The van der Waals surface area contributed by atoms with Gasteiger partial charge in [0.2, 0.25) is 5.79 Å². The standard InChI is InChI=1S/C36H39F3N8O4/c1-3-26(2)47-34(48)45(25-42-47)29-10-8-27(9-11-29)43-18-20-44(21-19-43)28-12-14-30(15-13-28)49-22-31-23-50-35(51-31,24-46-40-16-17-41-46)32-6-4-5-7-33(32)36(37,38)39/h4-17,25-26,31H,3,18-24H2,1-2H3/t26?,31-,35-/m1/s1. The number of hydrogen-bond acceptors (Lipinski definition) is 9. The number of ether oxygens (including phenoxy) is 3. The molecule has 2 aromatic heterocycles. The molecule has 0 N–H and O–H groups in total. The van der Waals surface area contributed by atoms with Crippen molar-refractivity contribution >= 4 is 11.4 Å². The topological polar surface area (TPSA) is 105 Å². The van der Waals surface area contributed by atoms with Gasteiger partial charge in [-0.15, -0.1) is 0 Å². The van der Waals surface area contributed by atoms with Crippen LogP contribution in [-0.4, -0.2) is 74.8 Å². The molecular weight excluding hydrogens is 665 g/mol. The molecule has 0 radical (unpaired) electrons. The van der Waals surface area contributed by atoms with Crippen LogP contribution < -0.4 is 20.2 Å². The molecule has 2 fully saturated rings. The first-order chi connectivity index (χ1) is 24.6. The Labute approximate surface area is 292 Å². The van der Waals surface area contributed by atoms with Crippen molar-refractivity contribution in [1.29, 1.82) is 0 Å². The summed E-state index contributed by atoms with van der Waals surface area (Å²) in [6.45, 7) is 7.25. The van der Waals surface area contributed by atoms with E-state index in [0.29, 0.717) is 5.75 Å². The molecule has 0 spiro atoms. The second-order valence-electron chi connectivity index (χ2n) is 12.7. The third kappa shape index (κ3) is 7.21. The number of piperazine rings is 1. The van der Waals surface area contributed by atoms with E-state index in [-0.39, 0.29) is 37.1 Å². The maximum absolute atomic E-state index is 14.0. The van der Waals surface area contributed by atoms with Crippen molar-refractivity contribution in [2.24, 2.45) is 0 Å². The van der Waals surface area contributed by atoms with Crippen molar-refractivity contribution in [3.8, 4) is 11.4 Å². The Hall–Kier alpha value is -5.15. The van der Waals surface area contributed by atoms with Crippen molar-refractivity contribution in [2.45, 2.75) is 50.9 Å². The van der Waals surface area contributed by atoms with Gasteiger partial charge >= 0.3 is 11.9 Å². The third-order valence-corrected chi connectivity index (χ3v) is 9.43. The summed E-state index contributed by atoms with van der Waals surface area (Å²) >= 11 is 0. The predicted molar refractivity (Wildman–Crippen MR) is 183 cm³/mol. The number of anilines is 2. The minimum absolute atomic E-state index is 0.0278. The molecule has 0 saturated carbocycles. The van der Waals surface area contributed by atoms with Gasteiger partial charge in [0.15, 0.2) is 0 Å². The number of benzene rings is 3. The van der Waals surface area contributed by atoms with E-state index in [1.807, 2.05) is 62.4 Å². The van der Waals surface area contributed by atoms with Crippen molar-refractivity contribution in [1.82, 2.24) is 29.3 Å². The fourth-order valence-corrected chi connectivity index (χ4v) is 6.49. The van der Waals surface area contributed by atoms with Crippen LogP contribution in [0.2, 0.25) is 0 Å². The molecule has 0 aliphatic carbocycles. The van der Waals surface area contributed by atoms with Gasteiger partial charge in [0.25, 0.3) is 0 Å². The minimum Gasteiger partial charge on any atom is -0.491 e. The van der Waals surface area contributed by atoms with Crippen molar-refractivity contribution in [3.05, 3.63) is 113 Å². The van der Waals surface area contributed by atoms with Gasteiger partial charge in [0, 0.05) is 43.1 Å². The molecular formula is C36H39F3N8O4. The largest absolute Gasteiger partial charge is 0.491 e. The molecule has 2 aliphatic heterocycles. The zero-order valence-corrected chi connectivity index (χ0v) is 28.3. The summed E-state index contributed by atoms with van der Waals surface area (Å²) in [7, 11) is 0. The Kier molecular flexibility index (Phi) is 9.57. The van der Waals surface area contributed by atoms with E-state index in [1.54, 1.807) is 10.9 Å². The fraction of sp³-hybridized carbons (Fsp3) is 0.389. The molecule has 51 heavy (non-hydrogen) atoms. The Morgan fingerprint density at radius 1 is 0.882 bits per heavy atom. The summed E-state index contributed by atoms with van der Waals surface area (Å²) in [6, 6.07) is 21.0. The van der Waals surface area contributed by atoms with Gasteiger partial charge in [0.05, 0.1) is 36.3 Å². The zero-order chi connectivity index (χ0) is 35.6. The minimum atomic E-state index is -4.61. The van der Waals surface area contributed by atoms with Gasteiger partial charge in [0.1, 0.15) is 31.3 Å². The summed E-state index contributed by atoms with van der Waals surface area (Å²) in [5, 5.41) is 12.4. The summed E-state index contributed by atoms with van der Waals surface area (Å²) in [5.41, 5.74) is 1.81. The molecule has 268 valence electrons. The summed E-state index contributed by atoms with van der Waals surface area (Å²) in [5.74, 6) is -1.14. The Morgan fingerprint density at radius 2 is 1.49 bits per heavy atom. The number of hydrogen-bond donors (Lipinski definition) is 0. The lowest BCUT2D eigenvalue weighted by atomic mass is 9.98. The molecule has 3 aromatic carbocycles. The van der Waals surface area contributed by atoms with E-state index in [4.69, 9.17) is 14.2 Å². The van der Waals surface area contributed by atoms with Gasteiger partial charge in [-0.1, -0.05) is 25.1 Å². The van der Waals surface area contributed by atoms with Crippen LogP contribution >= 0.6 is 0 Å². The molecule has 0 amide bonds. The van der Waals surface area contributed by atoms with Crippen LogP contribution in [0.4, 0.5) is 24.5 Å². The smallest absolute Gasteiger partial charge is 0.416 e. The molecule has 15 heteroatoms. The monoisotopic (exact) mass is 704 g/mol. The second kappa shape index (κ2) is 14.2. The molecule has 2 aliphatic rings. The van der Waals surface area contributed by atoms with Gasteiger partial charge < -0.3 is 24.0 Å². The second-order valence-corrected chi connectivity index (χ2v) is 12.7. The van der Waals surface area contributed by atoms with E-state index < -0.39 is 23.6 Å². The van der Waals surface area contributed by atoms with E-state index in [9.17, 15) is 18.0 Å². The highest BCUT2D eigenvalue weighted by molar-refractivity contribution is 5.54. The van der Waals surface area contributed by atoms with Gasteiger partial charge in [-0.3, -0.25) is 0 Å². The summed E-state index contributed by atoms with van der Waals surface area (Å²) < 4.78 is 63.3. The number of rotatable bonds is 11. The SMILES string of the molecule is CCC(C)n1ncn(-c2ccc(N3CCN(c4ccc(OC[C@@H]5CO[C@@](Cn6nccn6)(c6ccccc6C(F)(F)F)O5)cc4)CC3)cc2)c1=O. The van der Waals surface area contributed by atoms with Crippen LogP contribution in [0.25, 0.3) is 5.69 Å². The molecule has 0 bridgehead atoms. The number of nitrogens with zero attached hydrogens (tertiary/aromatic N) is 8. The van der Waals surface area contributed by atoms with Crippen LogP contribution in [0.1, 0.15) is 37.4 Å². The van der Waals surface area contributed by atoms with Crippen LogP contribution in [0.5, 0.6) is 5.75 Å². The van der Waals surface area contributed by atoms with E-state index >= 15 is 0 Å². The lowest BCUT2D eigenvalue weighted by Gasteiger charge is -2.37. The predicted octanol–water partition coefficient (Wildman–Crippen LogP) is 5.29. The summed E-state index contributed by atoms with van der Waals surface area (Å²) in [6.07, 6.45) is 0.0481. The number of halogens is 3. The highest BCUT2D eigenvalue weighted by atomic mass is 19.4. The molecule has 5 aromatic rings. The Morgan fingerprint density at radius 3 is 2.12 bits per heavy atom. The normalized spacial score (nSPS) is 20.1. The first-order valence-corrected chi connectivity index (χ1v) is 17.0. The first kappa shape index (κ1) is 34.3. The maximum atomic E-state index is 14.0. The average molecular weight is 705 g/mol. The fourth-order valence-electron chi connectivity index (χ4n) is 6.49. The van der Waals surface area contributed by atoms with Crippen molar-refractivity contribution in [2.75, 3.05) is 49.2 Å². The number of alkyl halides is 3. The van der Waals surface area contributed by atoms with Crippen LogP contribution in [0, 0.1) is 0 Å². The zero-order valence-electron chi connectivity index (χ0n) is 28.3. The molecule has 7 rings (SSSR count). The molecule has 1 unspecified atom stereocenters. The van der Waals surface area contributed by atoms with Crippen molar-refractivity contribution < 1.29 is 27.4 Å². The number of aromatic nitrogens is 6. The Bertz CT molecular complexity index is 1960. The van der Waals surface area contributed by atoms with Crippen LogP contribution in [0.3, 0.4) is 0 Å². The van der Waals surface area contributed by atoms with Crippen LogP contribution in [0.15, 0.2) is 96.3 Å². The van der Waals surface area contributed by atoms with E-state index in [1.165, 1.54) is 40.1 Å². The van der Waals surface area contributed by atoms with E-state index in [0.717, 1.165) is 55.7 Å². The molecule has 2 saturated heterocycles. The summed E-state index contributed by atoms with van der Waals surface area (Å²) in [4.78, 5) is 18.7. The quantitative estimate of drug-likeness (QED) is 0.182. The highest BCUT2D eigenvalue weighted by Gasteiger charge is 2.49. The highest BCUT2D eigenvalue weighted by Crippen LogP contribution is 2.43. The maximum Gasteiger partial charge on any atom is 0.416 e. The average Bonchev–Trinajstić information content (AvgIpc) is 3.92.